The van der Waals surface area contributed by atoms with Gasteiger partial charge in [0, 0.05) is 22.5 Å². The second-order valence-electron chi connectivity index (χ2n) is 5.29. The predicted octanol–water partition coefficient (Wildman–Crippen LogP) is 5.23. The number of aliphatic imine (C=N–C) groups is 1. The van der Waals surface area contributed by atoms with Crippen LogP contribution in [0.25, 0.3) is 0 Å². The van der Waals surface area contributed by atoms with E-state index in [1.165, 1.54) is 0 Å². The molecule has 0 radical (unpaired) electrons. The summed E-state index contributed by atoms with van der Waals surface area (Å²) in [6.07, 6.45) is 1.09. The fraction of sp³-hybridized carbons (Fsp3) is 0.222. The second-order valence-corrected chi connectivity index (χ2v) is 7.00. The summed E-state index contributed by atoms with van der Waals surface area (Å²) in [7, 11) is 0. The maximum absolute atomic E-state index is 8.89. The molecule has 0 bridgehead atoms. The van der Waals surface area contributed by atoms with Crippen molar-refractivity contribution in [3.05, 3.63) is 59.1 Å². The number of nitrogens with zero attached hydrogens (tertiary/aromatic N) is 3. The molecular formula is C18H16ClN3S. The van der Waals surface area contributed by atoms with Crippen LogP contribution in [0.15, 0.2) is 53.5 Å². The third kappa shape index (κ3) is 3.69. The summed E-state index contributed by atoms with van der Waals surface area (Å²) in [6, 6.07) is 17.3. The van der Waals surface area contributed by atoms with E-state index < -0.39 is 0 Å². The number of thioether (sulfide) groups is 1. The van der Waals surface area contributed by atoms with Gasteiger partial charge in [0.15, 0.2) is 5.17 Å². The SMILES string of the molecule is CCC1CN(c2cccc(Cl)c2)C(=Nc2ccc(C#N)cc2)S1. The largest absolute Gasteiger partial charge is 0.320 e. The van der Waals surface area contributed by atoms with Gasteiger partial charge in [0.05, 0.1) is 17.3 Å². The Hall–Kier alpha value is -1.96. The molecule has 1 fully saturated rings. The number of rotatable bonds is 3. The van der Waals surface area contributed by atoms with Crippen molar-refractivity contribution < 1.29 is 0 Å². The maximum Gasteiger partial charge on any atom is 0.169 e. The highest BCUT2D eigenvalue weighted by Gasteiger charge is 2.28. The summed E-state index contributed by atoms with van der Waals surface area (Å²) in [5.41, 5.74) is 2.56. The van der Waals surface area contributed by atoms with Crippen molar-refractivity contribution in [2.24, 2.45) is 4.99 Å². The maximum atomic E-state index is 8.89. The topological polar surface area (TPSA) is 39.4 Å². The van der Waals surface area contributed by atoms with Gasteiger partial charge < -0.3 is 4.90 Å². The second kappa shape index (κ2) is 7.08. The van der Waals surface area contributed by atoms with E-state index in [2.05, 4.69) is 24.0 Å². The minimum absolute atomic E-state index is 0.520. The zero-order chi connectivity index (χ0) is 16.2. The van der Waals surface area contributed by atoms with Crippen molar-refractivity contribution in [3.63, 3.8) is 0 Å². The normalized spacial score (nSPS) is 19.1. The highest BCUT2D eigenvalue weighted by atomic mass is 35.5. The van der Waals surface area contributed by atoms with Crippen molar-refractivity contribution in [2.45, 2.75) is 18.6 Å². The molecule has 0 amide bonds. The fourth-order valence-corrected chi connectivity index (χ4v) is 3.75. The minimum Gasteiger partial charge on any atom is -0.320 e. The molecule has 0 N–H and O–H groups in total. The van der Waals surface area contributed by atoms with E-state index in [1.54, 1.807) is 23.9 Å². The molecule has 1 aliphatic rings. The molecule has 3 rings (SSSR count). The molecule has 1 aliphatic heterocycles. The monoisotopic (exact) mass is 341 g/mol. The first-order chi connectivity index (χ1) is 11.2. The Morgan fingerprint density at radius 2 is 2.09 bits per heavy atom. The Labute approximate surface area is 145 Å². The molecule has 116 valence electrons. The van der Waals surface area contributed by atoms with Gasteiger partial charge in [-0.1, -0.05) is 36.4 Å². The van der Waals surface area contributed by atoms with Gasteiger partial charge >= 0.3 is 0 Å². The van der Waals surface area contributed by atoms with E-state index in [0.717, 1.165) is 34.5 Å². The average Bonchev–Trinajstić information content (AvgIpc) is 2.98. The molecule has 1 heterocycles. The number of hydrogen-bond donors (Lipinski definition) is 0. The van der Waals surface area contributed by atoms with Crippen LogP contribution in [0.2, 0.25) is 5.02 Å². The summed E-state index contributed by atoms with van der Waals surface area (Å²) < 4.78 is 0. The van der Waals surface area contributed by atoms with E-state index in [9.17, 15) is 0 Å². The molecule has 0 aliphatic carbocycles. The highest BCUT2D eigenvalue weighted by Crippen LogP contribution is 2.34. The smallest absolute Gasteiger partial charge is 0.169 e. The zero-order valence-corrected chi connectivity index (χ0v) is 14.3. The lowest BCUT2D eigenvalue weighted by molar-refractivity contribution is 0.835. The van der Waals surface area contributed by atoms with Crippen LogP contribution < -0.4 is 4.90 Å². The van der Waals surface area contributed by atoms with Gasteiger partial charge in [0.25, 0.3) is 0 Å². The van der Waals surface area contributed by atoms with E-state index in [4.69, 9.17) is 21.9 Å². The number of amidine groups is 1. The molecule has 1 saturated heterocycles. The summed E-state index contributed by atoms with van der Waals surface area (Å²) in [5, 5.41) is 11.1. The molecule has 0 spiro atoms. The van der Waals surface area contributed by atoms with Gasteiger partial charge in [-0.05, 0) is 48.9 Å². The van der Waals surface area contributed by atoms with Gasteiger partial charge in [-0.25, -0.2) is 4.99 Å². The van der Waals surface area contributed by atoms with Crippen molar-refractivity contribution in [1.29, 1.82) is 5.26 Å². The Kier molecular flexibility index (Phi) is 4.90. The van der Waals surface area contributed by atoms with Gasteiger partial charge in [-0.2, -0.15) is 5.26 Å². The van der Waals surface area contributed by atoms with E-state index in [0.29, 0.717) is 10.8 Å². The van der Waals surface area contributed by atoms with Gasteiger partial charge in [0.2, 0.25) is 0 Å². The van der Waals surface area contributed by atoms with Crippen molar-refractivity contribution >= 4 is 39.9 Å². The van der Waals surface area contributed by atoms with Crippen LogP contribution in [0, 0.1) is 11.3 Å². The molecule has 3 nitrogen and oxygen atoms in total. The lowest BCUT2D eigenvalue weighted by atomic mass is 10.2. The quantitative estimate of drug-likeness (QED) is 0.767. The molecule has 2 aromatic carbocycles. The van der Waals surface area contributed by atoms with Crippen LogP contribution in [0.3, 0.4) is 0 Å². The first-order valence-electron chi connectivity index (χ1n) is 7.48. The van der Waals surface area contributed by atoms with Gasteiger partial charge in [-0.15, -0.1) is 0 Å². The van der Waals surface area contributed by atoms with Crippen LogP contribution >= 0.6 is 23.4 Å². The zero-order valence-electron chi connectivity index (χ0n) is 12.7. The Bertz CT molecular complexity index is 765. The summed E-state index contributed by atoms with van der Waals surface area (Å²) in [5.74, 6) is 0. The predicted molar refractivity (Wildman–Crippen MR) is 98.7 cm³/mol. The molecule has 1 unspecified atom stereocenters. The standard InChI is InChI=1S/C18H16ClN3S/c1-2-17-12-22(16-5-3-4-14(19)10-16)18(23-17)21-15-8-6-13(11-20)7-9-15/h3-10,17H,2,12H2,1H3. The molecular weight excluding hydrogens is 326 g/mol. The third-order valence-corrected chi connectivity index (χ3v) is 5.26. The van der Waals surface area contributed by atoms with Gasteiger partial charge in [0.1, 0.15) is 0 Å². The average molecular weight is 342 g/mol. The summed E-state index contributed by atoms with van der Waals surface area (Å²) in [6.45, 7) is 3.12. The molecule has 23 heavy (non-hydrogen) atoms. The lowest BCUT2D eigenvalue weighted by Crippen LogP contribution is -2.25. The molecule has 5 heteroatoms. The summed E-state index contributed by atoms with van der Waals surface area (Å²) in [4.78, 5) is 6.98. The number of hydrogen-bond acceptors (Lipinski definition) is 3. The van der Waals surface area contributed by atoms with Crippen LogP contribution in [-0.2, 0) is 0 Å². The molecule has 2 aromatic rings. The van der Waals surface area contributed by atoms with Crippen LogP contribution in [-0.4, -0.2) is 17.0 Å². The van der Waals surface area contributed by atoms with E-state index in [-0.39, 0.29) is 0 Å². The van der Waals surface area contributed by atoms with Crippen LogP contribution in [0.1, 0.15) is 18.9 Å². The number of halogens is 1. The first-order valence-corrected chi connectivity index (χ1v) is 8.74. The first kappa shape index (κ1) is 15.9. The Balaban J connectivity index is 1.93. The number of anilines is 1. The lowest BCUT2D eigenvalue weighted by Gasteiger charge is -2.18. The van der Waals surface area contributed by atoms with Crippen molar-refractivity contribution in [1.82, 2.24) is 0 Å². The molecule has 0 aromatic heterocycles. The van der Waals surface area contributed by atoms with Crippen LogP contribution in [0.5, 0.6) is 0 Å². The molecule has 0 saturated carbocycles. The van der Waals surface area contributed by atoms with Gasteiger partial charge in [-0.3, -0.25) is 0 Å². The van der Waals surface area contributed by atoms with Crippen molar-refractivity contribution in [3.8, 4) is 6.07 Å². The number of nitriles is 1. The Morgan fingerprint density at radius 3 is 2.74 bits per heavy atom. The molecule has 1 atom stereocenters. The summed E-state index contributed by atoms with van der Waals surface area (Å²) >= 11 is 7.92. The van der Waals surface area contributed by atoms with E-state index >= 15 is 0 Å². The fourth-order valence-electron chi connectivity index (χ4n) is 2.41. The number of benzene rings is 2. The van der Waals surface area contributed by atoms with Crippen molar-refractivity contribution in [2.75, 3.05) is 11.4 Å². The highest BCUT2D eigenvalue weighted by molar-refractivity contribution is 8.15. The minimum atomic E-state index is 0.520. The van der Waals surface area contributed by atoms with Crippen LogP contribution in [0.4, 0.5) is 11.4 Å². The Morgan fingerprint density at radius 1 is 1.30 bits per heavy atom. The van der Waals surface area contributed by atoms with E-state index in [1.807, 2.05) is 30.3 Å². The third-order valence-electron chi connectivity index (χ3n) is 3.69.